The summed E-state index contributed by atoms with van der Waals surface area (Å²) in [5.74, 6) is 0. The smallest absolute Gasteiger partial charge is 0.383 e. The molecular weight excluding hydrogens is 198 g/mol. The summed E-state index contributed by atoms with van der Waals surface area (Å²) in [4.78, 5) is 0. The zero-order chi connectivity index (χ0) is 10.7. The van der Waals surface area contributed by atoms with Gasteiger partial charge < -0.3 is 14.3 Å². The van der Waals surface area contributed by atoms with Gasteiger partial charge in [-0.15, -0.1) is 0 Å². The topological polar surface area (TPSA) is 44.5 Å². The molecule has 5 heteroatoms. The number of hydrogen-bond acceptors (Lipinski definition) is 3. The van der Waals surface area contributed by atoms with Crippen molar-refractivity contribution in [3.05, 3.63) is 0 Å². The van der Waals surface area contributed by atoms with Crippen LogP contribution < -0.4 is 5.40 Å². The number of hydrogen-bond donors (Lipinski definition) is 1. The Morgan fingerprint density at radius 1 is 1.08 bits per heavy atom. The molecule has 0 radical (unpaired) electrons. The minimum atomic E-state index is -2.25. The summed E-state index contributed by atoms with van der Waals surface area (Å²) in [5, 5.41) is 5.92. The Morgan fingerprint density at radius 2 is 1.46 bits per heavy atom. The molecule has 0 aromatic rings. The summed E-state index contributed by atoms with van der Waals surface area (Å²) in [5.41, 5.74) is 0. The Hall–Kier alpha value is 0.314. The molecule has 0 aliphatic heterocycles. The first-order valence-electron chi connectivity index (χ1n) is 5.25. The normalized spacial score (nSPS) is 10.8. The van der Waals surface area contributed by atoms with Crippen molar-refractivity contribution >= 4 is 19.0 Å². The van der Waals surface area contributed by atoms with Crippen LogP contribution in [-0.4, -0.2) is 32.2 Å². The Bertz CT molecular complexity index is 87.1. The van der Waals surface area contributed by atoms with Crippen LogP contribution in [0.4, 0.5) is 0 Å². The molecule has 0 bridgehead atoms. The van der Waals surface area contributed by atoms with Crippen LogP contribution in [0.1, 0.15) is 27.2 Å². The van der Waals surface area contributed by atoms with Crippen LogP contribution in [0.25, 0.3) is 0 Å². The molecule has 0 fully saturated rings. The van der Waals surface area contributed by atoms with E-state index in [1.807, 2.05) is 13.8 Å². The van der Waals surface area contributed by atoms with Crippen LogP contribution in [0.3, 0.4) is 0 Å². The van der Waals surface area contributed by atoms with Gasteiger partial charge in [-0.3, -0.25) is 0 Å². The summed E-state index contributed by atoms with van der Waals surface area (Å²) in [7, 11) is -0.944. The highest BCUT2D eigenvalue weighted by Crippen LogP contribution is 2.08. The van der Waals surface area contributed by atoms with Crippen molar-refractivity contribution in [2.75, 3.05) is 13.2 Å². The molecule has 2 N–H and O–H groups in total. The molecular formula is C8H25NO2Si2. The second-order valence-corrected chi connectivity index (χ2v) is 5.13. The monoisotopic (exact) mass is 223 g/mol. The molecule has 0 saturated carbocycles. The molecule has 0 rings (SSSR count). The Kier molecular flexibility index (Phi) is 12.6. The third-order valence-corrected chi connectivity index (χ3v) is 4.13. The molecule has 0 atom stereocenters. The second-order valence-electron chi connectivity index (χ2n) is 2.43. The standard InChI is InChI=1S/C7H19NO2Si.CH6Si/c1-4-7-11(8,9-5-2)10-6-3;1-2/h4-8H2,1-3H3;1-2H3. The zero-order valence-corrected chi connectivity index (χ0v) is 12.7. The minimum Gasteiger partial charge on any atom is -0.383 e. The summed E-state index contributed by atoms with van der Waals surface area (Å²) in [6, 6.07) is 0.884. The summed E-state index contributed by atoms with van der Waals surface area (Å²) >= 11 is 0. The van der Waals surface area contributed by atoms with E-state index in [-0.39, 0.29) is 0 Å². The van der Waals surface area contributed by atoms with Gasteiger partial charge >= 0.3 is 8.72 Å². The SMILES string of the molecule is CCC[Si](N)(OCC)OCC.C[SiH3]. The largest absolute Gasteiger partial charge is 0.422 e. The van der Waals surface area contributed by atoms with Gasteiger partial charge in [0.25, 0.3) is 0 Å². The summed E-state index contributed by atoms with van der Waals surface area (Å²) in [6.07, 6.45) is 1.03. The van der Waals surface area contributed by atoms with E-state index in [2.05, 4.69) is 13.5 Å². The lowest BCUT2D eigenvalue weighted by molar-refractivity contribution is 0.183. The molecule has 0 amide bonds. The van der Waals surface area contributed by atoms with Crippen LogP contribution in [-0.2, 0) is 8.85 Å². The molecule has 0 aliphatic rings. The first kappa shape index (κ1) is 15.8. The van der Waals surface area contributed by atoms with Crippen molar-refractivity contribution < 1.29 is 8.85 Å². The van der Waals surface area contributed by atoms with Crippen molar-refractivity contribution in [2.45, 2.75) is 39.8 Å². The van der Waals surface area contributed by atoms with E-state index in [1.54, 1.807) is 0 Å². The lowest BCUT2D eigenvalue weighted by Crippen LogP contribution is -2.52. The van der Waals surface area contributed by atoms with Crippen LogP contribution in [0.5, 0.6) is 0 Å². The predicted octanol–water partition coefficient (Wildman–Crippen LogP) is 0.767. The first-order chi connectivity index (χ1) is 6.18. The van der Waals surface area contributed by atoms with Gasteiger partial charge in [-0.25, -0.2) is 0 Å². The van der Waals surface area contributed by atoms with E-state index < -0.39 is 8.72 Å². The van der Waals surface area contributed by atoms with E-state index in [0.29, 0.717) is 13.2 Å². The maximum Gasteiger partial charge on any atom is 0.422 e. The van der Waals surface area contributed by atoms with E-state index in [9.17, 15) is 0 Å². The Balaban J connectivity index is 0. The van der Waals surface area contributed by atoms with Crippen molar-refractivity contribution in [1.29, 1.82) is 0 Å². The summed E-state index contributed by atoms with van der Waals surface area (Å²) in [6.45, 7) is 9.44. The van der Waals surface area contributed by atoms with E-state index in [0.717, 1.165) is 12.5 Å². The van der Waals surface area contributed by atoms with Gasteiger partial charge in [-0.1, -0.05) is 19.9 Å². The molecule has 0 saturated heterocycles. The van der Waals surface area contributed by atoms with Gasteiger partial charge in [0.2, 0.25) is 0 Å². The van der Waals surface area contributed by atoms with Gasteiger partial charge in [0.15, 0.2) is 0 Å². The second kappa shape index (κ2) is 10.4. The molecule has 3 nitrogen and oxygen atoms in total. The molecule has 0 heterocycles. The van der Waals surface area contributed by atoms with Gasteiger partial charge in [0.1, 0.15) is 0 Å². The predicted molar refractivity (Wildman–Crippen MR) is 64.1 cm³/mol. The Morgan fingerprint density at radius 3 is 1.69 bits per heavy atom. The molecule has 82 valence electrons. The first-order valence-corrected chi connectivity index (χ1v) is 9.35. The van der Waals surface area contributed by atoms with Crippen LogP contribution in [0, 0.1) is 0 Å². The maximum atomic E-state index is 5.92. The van der Waals surface area contributed by atoms with Crippen LogP contribution >= 0.6 is 0 Å². The van der Waals surface area contributed by atoms with Gasteiger partial charge in [0, 0.05) is 19.3 Å². The van der Waals surface area contributed by atoms with Gasteiger partial charge in [0.05, 0.1) is 0 Å². The van der Waals surface area contributed by atoms with Crippen molar-refractivity contribution in [2.24, 2.45) is 5.40 Å². The molecule has 0 unspecified atom stereocenters. The zero-order valence-electron chi connectivity index (χ0n) is 9.72. The highest BCUT2D eigenvalue weighted by molar-refractivity contribution is 6.63. The number of rotatable bonds is 6. The van der Waals surface area contributed by atoms with Crippen molar-refractivity contribution in [3.63, 3.8) is 0 Å². The lowest BCUT2D eigenvalue weighted by Gasteiger charge is -2.23. The average molecular weight is 223 g/mol. The summed E-state index contributed by atoms with van der Waals surface area (Å²) < 4.78 is 10.8. The fourth-order valence-corrected chi connectivity index (χ4v) is 3.07. The van der Waals surface area contributed by atoms with Gasteiger partial charge in [-0.05, 0) is 24.1 Å². The molecule has 13 heavy (non-hydrogen) atoms. The molecule has 0 aromatic heterocycles. The highest BCUT2D eigenvalue weighted by atomic mass is 28.4. The van der Waals surface area contributed by atoms with Crippen molar-refractivity contribution in [3.8, 4) is 0 Å². The Labute approximate surface area is 86.7 Å². The minimum absolute atomic E-state index is 0.655. The fraction of sp³-hybridized carbons (Fsp3) is 1.00. The van der Waals surface area contributed by atoms with Gasteiger partial charge in [-0.2, -0.15) is 0 Å². The highest BCUT2D eigenvalue weighted by Gasteiger charge is 2.31. The van der Waals surface area contributed by atoms with E-state index >= 15 is 0 Å². The van der Waals surface area contributed by atoms with E-state index in [1.165, 1.54) is 10.2 Å². The maximum absolute atomic E-state index is 5.92. The van der Waals surface area contributed by atoms with Crippen molar-refractivity contribution in [1.82, 2.24) is 0 Å². The molecule has 0 aliphatic carbocycles. The fourth-order valence-electron chi connectivity index (χ4n) is 1.02. The lowest BCUT2D eigenvalue weighted by atomic mass is 10.6. The van der Waals surface area contributed by atoms with Crippen LogP contribution in [0.15, 0.2) is 0 Å². The van der Waals surface area contributed by atoms with E-state index in [4.69, 9.17) is 14.3 Å². The average Bonchev–Trinajstić information content (AvgIpc) is 2.09. The number of nitrogens with two attached hydrogens (primary N) is 1. The molecule has 0 spiro atoms. The third kappa shape index (κ3) is 8.64. The quantitative estimate of drug-likeness (QED) is 0.677. The van der Waals surface area contributed by atoms with Crippen LogP contribution in [0.2, 0.25) is 12.6 Å². The third-order valence-electron chi connectivity index (χ3n) is 1.38. The molecule has 0 aromatic carbocycles.